The average Bonchev–Trinajstić information content (AvgIpc) is 2.38. The number of nitrogens with zero attached hydrogens (tertiary/aromatic N) is 1. The molecule has 2 fully saturated rings. The molecule has 2 aliphatic rings. The van der Waals surface area contributed by atoms with Crippen molar-refractivity contribution in [2.24, 2.45) is 17.8 Å². The van der Waals surface area contributed by atoms with Gasteiger partial charge in [0.25, 0.3) is 0 Å². The van der Waals surface area contributed by atoms with Crippen molar-refractivity contribution < 1.29 is 4.79 Å². The summed E-state index contributed by atoms with van der Waals surface area (Å²) in [6, 6.07) is 0. The minimum atomic E-state index is 0.233. The second-order valence-corrected chi connectivity index (χ2v) is 5.87. The number of hydrogen-bond donors (Lipinski definition) is 1. The third-order valence-corrected chi connectivity index (χ3v) is 4.42. The van der Waals surface area contributed by atoms with Gasteiger partial charge in [0.2, 0.25) is 5.91 Å². The Morgan fingerprint density at radius 2 is 2.00 bits per heavy atom. The van der Waals surface area contributed by atoms with Gasteiger partial charge in [0.05, 0.1) is 5.92 Å². The molecule has 2 saturated heterocycles. The zero-order valence-corrected chi connectivity index (χ0v) is 11.2. The van der Waals surface area contributed by atoms with Gasteiger partial charge in [0, 0.05) is 19.6 Å². The average molecular weight is 238 g/mol. The Balaban J connectivity index is 1.83. The van der Waals surface area contributed by atoms with E-state index in [4.69, 9.17) is 0 Å². The van der Waals surface area contributed by atoms with Crippen molar-refractivity contribution in [1.82, 2.24) is 10.2 Å². The maximum Gasteiger partial charge on any atom is 0.226 e. The van der Waals surface area contributed by atoms with Crippen LogP contribution in [0.1, 0.15) is 39.5 Å². The van der Waals surface area contributed by atoms with Gasteiger partial charge in [-0.15, -0.1) is 0 Å². The van der Waals surface area contributed by atoms with Gasteiger partial charge in [-0.25, -0.2) is 0 Å². The van der Waals surface area contributed by atoms with Crippen molar-refractivity contribution in [3.8, 4) is 0 Å². The van der Waals surface area contributed by atoms with Crippen LogP contribution in [0.4, 0.5) is 0 Å². The van der Waals surface area contributed by atoms with Gasteiger partial charge < -0.3 is 10.2 Å². The first-order valence-corrected chi connectivity index (χ1v) is 7.20. The van der Waals surface area contributed by atoms with Crippen LogP contribution in [0.3, 0.4) is 0 Å². The van der Waals surface area contributed by atoms with Crippen LogP contribution in [-0.2, 0) is 4.79 Å². The number of carbonyl (C=O) groups is 1. The molecule has 0 aliphatic carbocycles. The molecule has 0 saturated carbocycles. The van der Waals surface area contributed by atoms with E-state index in [2.05, 4.69) is 24.1 Å². The lowest BCUT2D eigenvalue weighted by Crippen LogP contribution is -2.47. The lowest BCUT2D eigenvalue weighted by atomic mass is 9.89. The molecule has 17 heavy (non-hydrogen) atoms. The predicted molar refractivity (Wildman–Crippen MR) is 69.7 cm³/mol. The molecule has 0 spiro atoms. The van der Waals surface area contributed by atoms with Crippen LogP contribution in [-0.4, -0.2) is 37.0 Å². The molecule has 3 heteroatoms. The van der Waals surface area contributed by atoms with Crippen LogP contribution in [0.2, 0.25) is 0 Å². The highest BCUT2D eigenvalue weighted by molar-refractivity contribution is 5.79. The quantitative estimate of drug-likeness (QED) is 0.796. The largest absolute Gasteiger partial charge is 0.342 e. The molecule has 0 aromatic rings. The Kier molecular flexibility index (Phi) is 4.43. The molecule has 0 aromatic carbocycles. The summed E-state index contributed by atoms with van der Waals surface area (Å²) in [5.41, 5.74) is 0. The van der Waals surface area contributed by atoms with Crippen molar-refractivity contribution in [2.75, 3.05) is 26.2 Å². The van der Waals surface area contributed by atoms with Gasteiger partial charge in [0.1, 0.15) is 0 Å². The molecule has 3 nitrogen and oxygen atoms in total. The number of amides is 1. The summed E-state index contributed by atoms with van der Waals surface area (Å²) >= 11 is 0. The third-order valence-electron chi connectivity index (χ3n) is 4.42. The van der Waals surface area contributed by atoms with Crippen LogP contribution in [0.25, 0.3) is 0 Å². The number of likely N-dealkylation sites (tertiary alicyclic amines) is 1. The van der Waals surface area contributed by atoms with E-state index in [9.17, 15) is 4.79 Å². The molecule has 1 N–H and O–H groups in total. The third kappa shape index (κ3) is 3.21. The molecule has 2 heterocycles. The van der Waals surface area contributed by atoms with Crippen LogP contribution in [0.5, 0.6) is 0 Å². The molecule has 2 atom stereocenters. The molecule has 2 rings (SSSR count). The van der Waals surface area contributed by atoms with E-state index in [1.807, 2.05) is 0 Å². The Morgan fingerprint density at radius 1 is 1.29 bits per heavy atom. The molecule has 0 bridgehead atoms. The second-order valence-electron chi connectivity index (χ2n) is 5.87. The van der Waals surface area contributed by atoms with Crippen LogP contribution >= 0.6 is 0 Å². The maximum absolute atomic E-state index is 12.4. The molecule has 98 valence electrons. The monoisotopic (exact) mass is 238 g/mol. The Labute approximate surface area is 105 Å². The van der Waals surface area contributed by atoms with Crippen LogP contribution in [0, 0.1) is 17.8 Å². The first kappa shape index (κ1) is 12.9. The number of carbonyl (C=O) groups excluding carboxylic acids is 1. The summed E-state index contributed by atoms with van der Waals surface area (Å²) in [5.74, 6) is 2.13. The van der Waals surface area contributed by atoms with Gasteiger partial charge in [-0.1, -0.05) is 20.3 Å². The van der Waals surface area contributed by atoms with E-state index in [1.165, 1.54) is 19.3 Å². The standard InChI is InChI=1S/C14H26N2O/c1-3-12-4-6-16(7-5-12)14(17)13-8-11(2)9-15-10-13/h11-13,15H,3-10H2,1-2H3. The van der Waals surface area contributed by atoms with Gasteiger partial charge in [0.15, 0.2) is 0 Å². The van der Waals surface area contributed by atoms with E-state index >= 15 is 0 Å². The minimum Gasteiger partial charge on any atom is -0.342 e. The highest BCUT2D eigenvalue weighted by Gasteiger charge is 2.30. The first-order chi connectivity index (χ1) is 8.20. The fourth-order valence-corrected chi connectivity index (χ4v) is 3.16. The van der Waals surface area contributed by atoms with Gasteiger partial charge >= 0.3 is 0 Å². The molecule has 0 radical (unpaired) electrons. The summed E-state index contributed by atoms with van der Waals surface area (Å²) in [7, 11) is 0. The fourth-order valence-electron chi connectivity index (χ4n) is 3.16. The summed E-state index contributed by atoms with van der Waals surface area (Å²) in [6.45, 7) is 8.42. The Bertz CT molecular complexity index is 259. The predicted octanol–water partition coefficient (Wildman–Crippen LogP) is 1.88. The van der Waals surface area contributed by atoms with E-state index < -0.39 is 0 Å². The summed E-state index contributed by atoms with van der Waals surface area (Å²) in [6.07, 6.45) is 4.75. The zero-order valence-electron chi connectivity index (χ0n) is 11.2. The number of rotatable bonds is 2. The van der Waals surface area contributed by atoms with E-state index in [-0.39, 0.29) is 5.92 Å². The van der Waals surface area contributed by atoms with E-state index in [1.54, 1.807) is 0 Å². The van der Waals surface area contributed by atoms with Crippen LogP contribution in [0.15, 0.2) is 0 Å². The fraction of sp³-hybridized carbons (Fsp3) is 0.929. The van der Waals surface area contributed by atoms with Gasteiger partial charge in [-0.3, -0.25) is 4.79 Å². The molecule has 2 aliphatic heterocycles. The number of piperidine rings is 2. The zero-order chi connectivity index (χ0) is 12.3. The lowest BCUT2D eigenvalue weighted by molar-refractivity contribution is -0.138. The Hall–Kier alpha value is -0.570. The minimum absolute atomic E-state index is 0.233. The summed E-state index contributed by atoms with van der Waals surface area (Å²) in [4.78, 5) is 14.5. The van der Waals surface area contributed by atoms with Gasteiger partial charge in [-0.05, 0) is 37.6 Å². The van der Waals surface area contributed by atoms with Crippen molar-refractivity contribution in [3.63, 3.8) is 0 Å². The normalized spacial score (nSPS) is 31.5. The van der Waals surface area contributed by atoms with Crippen molar-refractivity contribution >= 4 is 5.91 Å². The Morgan fingerprint density at radius 3 is 2.59 bits per heavy atom. The van der Waals surface area contributed by atoms with Crippen LogP contribution < -0.4 is 5.32 Å². The number of nitrogens with one attached hydrogen (secondary N) is 1. The van der Waals surface area contributed by atoms with Crippen molar-refractivity contribution in [2.45, 2.75) is 39.5 Å². The molecule has 2 unspecified atom stereocenters. The molecule has 1 amide bonds. The highest BCUT2D eigenvalue weighted by Crippen LogP contribution is 2.24. The summed E-state index contributed by atoms with van der Waals surface area (Å²) < 4.78 is 0. The van der Waals surface area contributed by atoms with Crippen molar-refractivity contribution in [1.29, 1.82) is 0 Å². The smallest absolute Gasteiger partial charge is 0.226 e. The topological polar surface area (TPSA) is 32.3 Å². The van der Waals surface area contributed by atoms with Crippen molar-refractivity contribution in [3.05, 3.63) is 0 Å². The molecular weight excluding hydrogens is 212 g/mol. The lowest BCUT2D eigenvalue weighted by Gasteiger charge is -2.36. The number of hydrogen-bond acceptors (Lipinski definition) is 2. The SMILES string of the molecule is CCC1CCN(C(=O)C2CNCC(C)C2)CC1. The highest BCUT2D eigenvalue weighted by atomic mass is 16.2. The van der Waals surface area contributed by atoms with Gasteiger partial charge in [-0.2, -0.15) is 0 Å². The molecule has 0 aromatic heterocycles. The maximum atomic E-state index is 12.4. The first-order valence-electron chi connectivity index (χ1n) is 7.20. The second kappa shape index (κ2) is 5.85. The molecular formula is C14H26N2O. The van der Waals surface area contributed by atoms with E-state index in [0.717, 1.165) is 38.5 Å². The van der Waals surface area contributed by atoms with E-state index in [0.29, 0.717) is 11.8 Å². The summed E-state index contributed by atoms with van der Waals surface area (Å²) in [5, 5.41) is 3.38.